The number of rotatable bonds is 5. The van der Waals surface area contributed by atoms with E-state index < -0.39 is 0 Å². The van der Waals surface area contributed by atoms with Gasteiger partial charge in [0.1, 0.15) is 11.3 Å². The van der Waals surface area contributed by atoms with Gasteiger partial charge in [0.25, 0.3) is 5.91 Å². The number of ether oxygens (including phenoxy) is 1. The molecule has 0 aliphatic rings. The number of benzene rings is 2. The summed E-state index contributed by atoms with van der Waals surface area (Å²) in [5.41, 5.74) is 2.27. The van der Waals surface area contributed by atoms with E-state index in [4.69, 9.17) is 21.2 Å². The minimum atomic E-state index is -0.149. The van der Waals surface area contributed by atoms with Crippen LogP contribution in [0.5, 0.6) is 5.75 Å². The molecular weight excluding hydrogens is 342 g/mol. The van der Waals surface area contributed by atoms with Gasteiger partial charge in [0, 0.05) is 24.7 Å². The first-order valence-corrected chi connectivity index (χ1v) is 8.03. The van der Waals surface area contributed by atoms with E-state index in [1.807, 2.05) is 30.3 Å². The van der Waals surface area contributed by atoms with Gasteiger partial charge >= 0.3 is 0 Å². The number of imidazole rings is 1. The summed E-state index contributed by atoms with van der Waals surface area (Å²) in [6, 6.07) is 12.8. The summed E-state index contributed by atoms with van der Waals surface area (Å²) in [6.45, 7) is -0.103. The summed E-state index contributed by atoms with van der Waals surface area (Å²) >= 11 is 6.11. The van der Waals surface area contributed by atoms with Gasteiger partial charge < -0.3 is 14.5 Å². The van der Waals surface area contributed by atoms with Crippen molar-refractivity contribution in [1.29, 1.82) is 0 Å². The second-order valence-corrected chi connectivity index (χ2v) is 6.09. The van der Waals surface area contributed by atoms with Gasteiger partial charge in [-0.2, -0.15) is 4.73 Å². The lowest BCUT2D eigenvalue weighted by Crippen LogP contribution is -2.30. The summed E-state index contributed by atoms with van der Waals surface area (Å²) in [5.74, 6) is 1.19. The molecule has 0 unspecified atom stereocenters. The lowest BCUT2D eigenvalue weighted by Gasteiger charge is -2.14. The Bertz CT molecular complexity index is 904. The molecule has 0 radical (unpaired) electrons. The molecule has 0 spiro atoms. The second kappa shape index (κ2) is 7.03. The van der Waals surface area contributed by atoms with Crippen molar-refractivity contribution in [3.05, 3.63) is 47.5 Å². The highest BCUT2D eigenvalue weighted by Gasteiger charge is 2.16. The third-order valence-corrected chi connectivity index (χ3v) is 3.97. The van der Waals surface area contributed by atoms with Crippen LogP contribution in [0.25, 0.3) is 22.4 Å². The molecule has 0 atom stereocenters. The van der Waals surface area contributed by atoms with Gasteiger partial charge in [0.15, 0.2) is 12.4 Å². The smallest absolute Gasteiger partial charge is 0.262 e. The highest BCUT2D eigenvalue weighted by Crippen LogP contribution is 2.27. The maximum Gasteiger partial charge on any atom is 0.262 e. The van der Waals surface area contributed by atoms with E-state index in [0.717, 1.165) is 16.8 Å². The number of methoxy groups -OCH3 is 1. The van der Waals surface area contributed by atoms with Crippen LogP contribution in [0.3, 0.4) is 0 Å². The summed E-state index contributed by atoms with van der Waals surface area (Å²) < 4.78 is 6.74. The molecule has 0 fully saturated rings. The number of hydrogen-bond donors (Lipinski definition) is 0. The Morgan fingerprint density at radius 1 is 1.20 bits per heavy atom. The number of fused-ring (bicyclic) bond motifs is 1. The van der Waals surface area contributed by atoms with Crippen LogP contribution < -0.4 is 9.57 Å². The van der Waals surface area contributed by atoms with Crippen LogP contribution in [0.1, 0.15) is 0 Å². The predicted octanol–water partition coefficient (Wildman–Crippen LogP) is 2.88. The van der Waals surface area contributed by atoms with Crippen LogP contribution in [0.15, 0.2) is 42.5 Å². The van der Waals surface area contributed by atoms with Crippen molar-refractivity contribution < 1.29 is 14.4 Å². The van der Waals surface area contributed by atoms with Crippen LogP contribution in [0.4, 0.5) is 0 Å². The van der Waals surface area contributed by atoms with Crippen LogP contribution in [0.2, 0.25) is 5.02 Å². The first kappa shape index (κ1) is 17.1. The van der Waals surface area contributed by atoms with Crippen LogP contribution in [-0.2, 0) is 4.79 Å². The lowest BCUT2D eigenvalue weighted by atomic mass is 10.2. The number of halogens is 1. The molecule has 1 heterocycles. The van der Waals surface area contributed by atoms with Gasteiger partial charge in [-0.1, -0.05) is 11.6 Å². The Balaban J connectivity index is 2.06. The summed E-state index contributed by atoms with van der Waals surface area (Å²) in [4.78, 5) is 23.7. The predicted molar refractivity (Wildman–Crippen MR) is 96.9 cm³/mol. The second-order valence-electron chi connectivity index (χ2n) is 5.65. The van der Waals surface area contributed by atoms with E-state index in [0.29, 0.717) is 16.4 Å². The molecule has 0 aliphatic heterocycles. The zero-order valence-electron chi connectivity index (χ0n) is 14.2. The van der Waals surface area contributed by atoms with Gasteiger partial charge in [0.2, 0.25) is 0 Å². The van der Waals surface area contributed by atoms with Crippen LogP contribution in [0, 0.1) is 0 Å². The SMILES string of the molecule is COc1ccc(-c2nc3ccc(Cl)cc3n2OCC(=O)N(C)C)cc1. The average molecular weight is 360 g/mol. The zero-order chi connectivity index (χ0) is 18.0. The molecule has 25 heavy (non-hydrogen) atoms. The van der Waals surface area contributed by atoms with Crippen molar-refractivity contribution in [2.24, 2.45) is 0 Å². The molecule has 0 bridgehead atoms. The molecule has 0 saturated heterocycles. The molecule has 0 N–H and O–H groups in total. The lowest BCUT2D eigenvalue weighted by molar-refractivity contribution is -0.133. The maximum atomic E-state index is 11.9. The third kappa shape index (κ3) is 3.53. The molecule has 0 saturated carbocycles. The molecule has 6 nitrogen and oxygen atoms in total. The minimum Gasteiger partial charge on any atom is -0.497 e. The Kier molecular flexibility index (Phi) is 4.81. The Hall–Kier alpha value is -2.73. The van der Waals surface area contributed by atoms with Crippen molar-refractivity contribution in [3.8, 4) is 17.1 Å². The summed E-state index contributed by atoms with van der Waals surface area (Å²) in [7, 11) is 4.97. The molecular formula is C18H18ClN3O3. The fourth-order valence-electron chi connectivity index (χ4n) is 2.33. The average Bonchev–Trinajstić information content (AvgIpc) is 2.97. The Morgan fingerprint density at radius 3 is 2.56 bits per heavy atom. The number of nitrogens with zero attached hydrogens (tertiary/aromatic N) is 3. The standard InChI is InChI=1S/C18H18ClN3O3/c1-21(2)17(23)11-25-22-16-10-13(19)6-9-15(16)20-18(22)12-4-7-14(24-3)8-5-12/h4-10H,11H2,1-3H3. The zero-order valence-corrected chi connectivity index (χ0v) is 14.9. The maximum absolute atomic E-state index is 11.9. The van der Waals surface area contributed by atoms with Crippen LogP contribution >= 0.6 is 11.6 Å². The topological polar surface area (TPSA) is 56.6 Å². The summed E-state index contributed by atoms with van der Waals surface area (Å²) in [5, 5.41) is 0.567. The Morgan fingerprint density at radius 2 is 1.92 bits per heavy atom. The van der Waals surface area contributed by atoms with Crippen molar-refractivity contribution in [1.82, 2.24) is 14.6 Å². The first-order chi connectivity index (χ1) is 12.0. The molecule has 3 rings (SSSR count). The molecule has 2 aromatic carbocycles. The molecule has 1 aromatic heterocycles. The number of hydrogen-bond acceptors (Lipinski definition) is 4. The largest absolute Gasteiger partial charge is 0.497 e. The van der Waals surface area contributed by atoms with E-state index >= 15 is 0 Å². The third-order valence-electron chi connectivity index (χ3n) is 3.74. The number of carbonyl (C=O) groups excluding carboxylic acids is 1. The van der Waals surface area contributed by atoms with Crippen molar-refractivity contribution in [3.63, 3.8) is 0 Å². The van der Waals surface area contributed by atoms with E-state index in [1.165, 1.54) is 4.90 Å². The van der Waals surface area contributed by atoms with E-state index in [1.54, 1.807) is 38.1 Å². The number of aromatic nitrogens is 2. The van der Waals surface area contributed by atoms with E-state index in [-0.39, 0.29) is 12.5 Å². The van der Waals surface area contributed by atoms with Gasteiger partial charge in [-0.05, 0) is 42.5 Å². The number of amides is 1. The van der Waals surface area contributed by atoms with Gasteiger partial charge in [-0.3, -0.25) is 4.79 Å². The van der Waals surface area contributed by atoms with Gasteiger partial charge in [-0.25, -0.2) is 4.98 Å². The Labute approximate surface area is 150 Å². The van der Waals surface area contributed by atoms with Gasteiger partial charge in [0.05, 0.1) is 12.6 Å². The van der Waals surface area contributed by atoms with Gasteiger partial charge in [-0.15, -0.1) is 0 Å². The fraction of sp³-hybridized carbons (Fsp3) is 0.222. The van der Waals surface area contributed by atoms with Crippen molar-refractivity contribution >= 4 is 28.5 Å². The quantitative estimate of drug-likeness (QED) is 0.703. The van der Waals surface area contributed by atoms with Crippen LogP contribution in [-0.4, -0.2) is 48.3 Å². The molecule has 1 amide bonds. The monoisotopic (exact) mass is 359 g/mol. The highest BCUT2D eigenvalue weighted by atomic mass is 35.5. The van der Waals surface area contributed by atoms with E-state index in [2.05, 4.69) is 4.98 Å². The molecule has 3 aromatic rings. The summed E-state index contributed by atoms with van der Waals surface area (Å²) in [6.07, 6.45) is 0. The van der Waals surface area contributed by atoms with Crippen molar-refractivity contribution in [2.75, 3.05) is 27.8 Å². The van der Waals surface area contributed by atoms with Crippen molar-refractivity contribution in [2.45, 2.75) is 0 Å². The molecule has 7 heteroatoms. The fourth-order valence-corrected chi connectivity index (χ4v) is 2.50. The number of likely N-dealkylation sites (N-methyl/N-ethyl adjacent to an activating group) is 1. The first-order valence-electron chi connectivity index (χ1n) is 7.65. The number of carbonyl (C=O) groups is 1. The molecule has 130 valence electrons. The normalized spacial score (nSPS) is 10.7. The minimum absolute atomic E-state index is 0.103. The molecule has 0 aliphatic carbocycles. The van der Waals surface area contributed by atoms with E-state index in [9.17, 15) is 4.79 Å². The highest BCUT2D eigenvalue weighted by molar-refractivity contribution is 6.31.